The maximum atomic E-state index is 10.4. The lowest BCUT2D eigenvalue weighted by Gasteiger charge is -1.63. The van der Waals surface area contributed by atoms with E-state index in [1.165, 1.54) is 6.20 Å². The SMILES string of the molecule is O=c1[nH]c2[nH]ncc2o1. The summed E-state index contributed by atoms with van der Waals surface area (Å²) in [6.07, 6.45) is 1.44. The van der Waals surface area contributed by atoms with E-state index in [9.17, 15) is 4.79 Å². The molecule has 0 aliphatic rings. The van der Waals surface area contributed by atoms with Crippen molar-refractivity contribution < 1.29 is 4.42 Å². The molecule has 0 atom stereocenters. The number of H-pyrrole nitrogens is 2. The fourth-order valence-electron chi connectivity index (χ4n) is 0.669. The maximum Gasteiger partial charge on any atom is 0.418 e. The summed E-state index contributed by atoms with van der Waals surface area (Å²) in [5.41, 5.74) is 0.986. The molecule has 0 aromatic carbocycles. The van der Waals surface area contributed by atoms with E-state index >= 15 is 0 Å². The quantitative estimate of drug-likeness (QED) is 0.513. The van der Waals surface area contributed by atoms with E-state index in [-0.39, 0.29) is 0 Å². The highest BCUT2D eigenvalue weighted by Gasteiger charge is 1.98. The first-order valence-corrected chi connectivity index (χ1v) is 2.38. The van der Waals surface area contributed by atoms with E-state index in [4.69, 9.17) is 0 Å². The average Bonchev–Trinajstić information content (AvgIpc) is 2.22. The van der Waals surface area contributed by atoms with Crippen LogP contribution in [0, 0.1) is 0 Å². The second kappa shape index (κ2) is 1.25. The van der Waals surface area contributed by atoms with Gasteiger partial charge in [-0.15, -0.1) is 0 Å². The van der Waals surface area contributed by atoms with Crippen LogP contribution in [0.1, 0.15) is 0 Å². The Balaban J connectivity index is 3.08. The van der Waals surface area contributed by atoms with E-state index in [0.717, 1.165) is 0 Å². The molecule has 0 amide bonds. The molecule has 0 spiro atoms. The molecule has 5 heteroatoms. The van der Waals surface area contributed by atoms with Crippen LogP contribution >= 0.6 is 0 Å². The number of aromatic nitrogens is 3. The Bertz CT molecular complexity index is 336. The molecule has 5 nitrogen and oxygen atoms in total. The summed E-state index contributed by atoms with van der Waals surface area (Å²) in [7, 11) is 0. The number of rotatable bonds is 0. The van der Waals surface area contributed by atoms with Crippen LogP contribution in [0.25, 0.3) is 11.2 Å². The topological polar surface area (TPSA) is 74.7 Å². The van der Waals surface area contributed by atoms with Crippen molar-refractivity contribution in [3.05, 3.63) is 16.7 Å². The second-order valence-corrected chi connectivity index (χ2v) is 1.62. The zero-order chi connectivity index (χ0) is 6.27. The van der Waals surface area contributed by atoms with Crippen molar-refractivity contribution in [3.8, 4) is 0 Å². The second-order valence-electron chi connectivity index (χ2n) is 1.62. The van der Waals surface area contributed by atoms with E-state index in [0.29, 0.717) is 11.2 Å². The van der Waals surface area contributed by atoms with E-state index in [1.54, 1.807) is 0 Å². The fourth-order valence-corrected chi connectivity index (χ4v) is 0.669. The molecule has 0 saturated carbocycles. The molecule has 0 saturated heterocycles. The predicted molar refractivity (Wildman–Crippen MR) is 29.0 cm³/mol. The summed E-state index contributed by atoms with van der Waals surface area (Å²) in [5, 5.41) is 6.15. The van der Waals surface area contributed by atoms with Crippen molar-refractivity contribution in [1.29, 1.82) is 0 Å². The zero-order valence-electron chi connectivity index (χ0n) is 4.34. The first-order chi connectivity index (χ1) is 4.36. The molecule has 2 heterocycles. The Labute approximate surface area is 48.7 Å². The highest BCUT2D eigenvalue weighted by Crippen LogP contribution is 2.01. The first-order valence-electron chi connectivity index (χ1n) is 2.38. The molecule has 0 fully saturated rings. The number of nitrogens with one attached hydrogen (secondary N) is 2. The summed E-state index contributed by atoms with van der Waals surface area (Å²) in [6, 6.07) is 0. The van der Waals surface area contributed by atoms with E-state index < -0.39 is 5.76 Å². The van der Waals surface area contributed by atoms with Crippen LogP contribution in [0.2, 0.25) is 0 Å². The number of aromatic amines is 2. The van der Waals surface area contributed by atoms with Gasteiger partial charge in [-0.2, -0.15) is 5.10 Å². The third-order valence-electron chi connectivity index (χ3n) is 1.03. The molecule has 2 rings (SSSR count). The van der Waals surface area contributed by atoms with Crippen molar-refractivity contribution >= 4 is 11.2 Å². The van der Waals surface area contributed by atoms with Gasteiger partial charge in [0.2, 0.25) is 0 Å². The Hall–Kier alpha value is -1.52. The number of oxazole rings is 1. The minimum atomic E-state index is -0.460. The van der Waals surface area contributed by atoms with Crippen molar-refractivity contribution in [3.63, 3.8) is 0 Å². The van der Waals surface area contributed by atoms with E-state index in [2.05, 4.69) is 19.6 Å². The van der Waals surface area contributed by atoms with Gasteiger partial charge >= 0.3 is 5.76 Å². The van der Waals surface area contributed by atoms with Gasteiger partial charge in [-0.1, -0.05) is 0 Å². The summed E-state index contributed by atoms with van der Waals surface area (Å²) in [4.78, 5) is 12.8. The van der Waals surface area contributed by atoms with Gasteiger partial charge in [0.25, 0.3) is 0 Å². The van der Waals surface area contributed by atoms with Gasteiger partial charge in [-0.05, 0) is 0 Å². The number of hydrogen-bond donors (Lipinski definition) is 2. The molecule has 2 aromatic heterocycles. The zero-order valence-corrected chi connectivity index (χ0v) is 4.34. The van der Waals surface area contributed by atoms with Crippen LogP contribution < -0.4 is 5.76 Å². The third-order valence-corrected chi connectivity index (χ3v) is 1.03. The summed E-state index contributed by atoms with van der Waals surface area (Å²) in [5.74, 6) is -0.460. The van der Waals surface area contributed by atoms with Gasteiger partial charge in [0.05, 0.1) is 6.20 Å². The number of hydrogen-bond acceptors (Lipinski definition) is 3. The Morgan fingerprint density at radius 2 is 2.56 bits per heavy atom. The molecule has 2 aromatic rings. The van der Waals surface area contributed by atoms with Gasteiger partial charge in [0.15, 0.2) is 11.2 Å². The predicted octanol–water partition coefficient (Wildman–Crippen LogP) is -0.156. The largest absolute Gasteiger partial charge is 0.418 e. The molecular weight excluding hydrogens is 122 g/mol. The number of nitrogens with zero attached hydrogens (tertiary/aromatic N) is 1. The Kier molecular flexibility index (Phi) is 0.606. The van der Waals surface area contributed by atoms with Gasteiger partial charge in [-0.25, -0.2) is 4.79 Å². The van der Waals surface area contributed by atoms with Gasteiger partial charge in [-0.3, -0.25) is 10.1 Å². The highest BCUT2D eigenvalue weighted by molar-refractivity contribution is 5.65. The van der Waals surface area contributed by atoms with Gasteiger partial charge in [0, 0.05) is 0 Å². The fraction of sp³-hybridized carbons (Fsp3) is 0. The standard InChI is InChI=1S/C4H3N3O2/c8-4-6-3-2(9-4)1-5-7-3/h1H,(H2,5,6,7,8). The molecule has 0 aliphatic heterocycles. The summed E-state index contributed by atoms with van der Waals surface area (Å²) >= 11 is 0. The Morgan fingerprint density at radius 1 is 1.67 bits per heavy atom. The minimum absolute atomic E-state index is 0.458. The molecule has 9 heavy (non-hydrogen) atoms. The molecule has 0 bridgehead atoms. The third kappa shape index (κ3) is 0.479. The lowest BCUT2D eigenvalue weighted by molar-refractivity contribution is 0.554. The molecule has 0 unspecified atom stereocenters. The summed E-state index contributed by atoms with van der Waals surface area (Å²) in [6.45, 7) is 0. The van der Waals surface area contributed by atoms with Crippen LogP contribution in [0.3, 0.4) is 0 Å². The van der Waals surface area contributed by atoms with Crippen molar-refractivity contribution in [1.82, 2.24) is 15.2 Å². The van der Waals surface area contributed by atoms with Crippen LogP contribution in [-0.4, -0.2) is 15.2 Å². The maximum absolute atomic E-state index is 10.4. The molecule has 0 radical (unpaired) electrons. The van der Waals surface area contributed by atoms with Crippen molar-refractivity contribution in [2.45, 2.75) is 0 Å². The molecule has 2 N–H and O–H groups in total. The van der Waals surface area contributed by atoms with Gasteiger partial charge in [0.1, 0.15) is 0 Å². The number of fused-ring (bicyclic) bond motifs is 1. The summed E-state index contributed by atoms with van der Waals surface area (Å²) < 4.78 is 4.60. The van der Waals surface area contributed by atoms with E-state index in [1.807, 2.05) is 0 Å². The van der Waals surface area contributed by atoms with Crippen LogP contribution in [-0.2, 0) is 0 Å². The monoisotopic (exact) mass is 125 g/mol. The average molecular weight is 125 g/mol. The van der Waals surface area contributed by atoms with Crippen molar-refractivity contribution in [2.24, 2.45) is 0 Å². The van der Waals surface area contributed by atoms with Gasteiger partial charge < -0.3 is 4.42 Å². The normalized spacial score (nSPS) is 10.7. The smallest absolute Gasteiger partial charge is 0.404 e. The molecule has 46 valence electrons. The van der Waals surface area contributed by atoms with Crippen LogP contribution in [0.5, 0.6) is 0 Å². The lowest BCUT2D eigenvalue weighted by Crippen LogP contribution is -1.94. The van der Waals surface area contributed by atoms with Crippen molar-refractivity contribution in [2.75, 3.05) is 0 Å². The van der Waals surface area contributed by atoms with Crippen LogP contribution in [0.4, 0.5) is 0 Å². The highest BCUT2D eigenvalue weighted by atomic mass is 16.4. The molecule has 0 aliphatic carbocycles. The Morgan fingerprint density at radius 3 is 3.33 bits per heavy atom. The lowest BCUT2D eigenvalue weighted by atomic mass is 10.7. The van der Waals surface area contributed by atoms with Crippen LogP contribution in [0.15, 0.2) is 15.4 Å². The molecular formula is C4H3N3O2. The minimum Gasteiger partial charge on any atom is -0.404 e. The first kappa shape index (κ1) is 4.37.